The summed E-state index contributed by atoms with van der Waals surface area (Å²) >= 11 is 1.73. The van der Waals surface area contributed by atoms with Crippen LogP contribution in [0.25, 0.3) is 21.6 Å². The van der Waals surface area contributed by atoms with E-state index in [4.69, 9.17) is 4.74 Å². The summed E-state index contributed by atoms with van der Waals surface area (Å²) < 4.78 is 5.40. The van der Waals surface area contributed by atoms with Crippen molar-refractivity contribution < 1.29 is 4.74 Å². The molecule has 0 aliphatic rings. The van der Waals surface area contributed by atoms with Crippen molar-refractivity contribution in [3.05, 3.63) is 95.6 Å². The Morgan fingerprint density at radius 3 is 2.25 bits per heavy atom. The summed E-state index contributed by atoms with van der Waals surface area (Å²) in [5.74, 6) is 0.910. The lowest BCUT2D eigenvalue weighted by Crippen LogP contribution is -2.13. The molecule has 4 aromatic rings. The van der Waals surface area contributed by atoms with Gasteiger partial charge in [-0.05, 0) is 22.8 Å². The van der Waals surface area contributed by atoms with Crippen molar-refractivity contribution in [1.29, 1.82) is 0 Å². The Kier molecular flexibility index (Phi) is 5.80. The van der Waals surface area contributed by atoms with Crippen molar-refractivity contribution >= 4 is 11.3 Å². The third-order valence-corrected chi connectivity index (χ3v) is 5.66. The Balaban J connectivity index is 1.39. The van der Waals surface area contributed by atoms with Crippen molar-refractivity contribution in [1.82, 2.24) is 10.3 Å². The van der Waals surface area contributed by atoms with Crippen LogP contribution in [0.5, 0.6) is 5.75 Å². The van der Waals surface area contributed by atoms with Crippen LogP contribution in [0.1, 0.15) is 10.6 Å². The SMILES string of the molecule is COc1ccccc1CNCc1ncc(-c2ccc(-c3ccccc3)cc2)s1. The van der Waals surface area contributed by atoms with Gasteiger partial charge in [-0.1, -0.05) is 72.8 Å². The van der Waals surface area contributed by atoms with Gasteiger partial charge in [-0.15, -0.1) is 11.3 Å². The molecule has 0 saturated heterocycles. The van der Waals surface area contributed by atoms with Crippen molar-refractivity contribution in [3.63, 3.8) is 0 Å². The molecular formula is C24H22N2OS. The van der Waals surface area contributed by atoms with Crippen LogP contribution >= 0.6 is 11.3 Å². The van der Waals surface area contributed by atoms with Gasteiger partial charge >= 0.3 is 0 Å². The number of hydrogen-bond acceptors (Lipinski definition) is 4. The number of para-hydroxylation sites is 1. The van der Waals surface area contributed by atoms with E-state index in [1.807, 2.05) is 30.5 Å². The Hall–Kier alpha value is -2.95. The average molecular weight is 387 g/mol. The molecule has 28 heavy (non-hydrogen) atoms. The number of ether oxygens (including phenoxy) is 1. The number of nitrogens with zero attached hydrogens (tertiary/aromatic N) is 1. The lowest BCUT2D eigenvalue weighted by atomic mass is 10.0. The molecule has 1 N–H and O–H groups in total. The van der Waals surface area contributed by atoms with Gasteiger partial charge in [-0.3, -0.25) is 0 Å². The van der Waals surface area contributed by atoms with Crippen LogP contribution in [-0.4, -0.2) is 12.1 Å². The van der Waals surface area contributed by atoms with E-state index < -0.39 is 0 Å². The number of nitrogens with one attached hydrogen (secondary N) is 1. The second-order valence-corrected chi connectivity index (χ2v) is 7.59. The number of aromatic nitrogens is 1. The first-order valence-corrected chi connectivity index (χ1v) is 10.1. The molecule has 0 unspecified atom stereocenters. The highest BCUT2D eigenvalue weighted by molar-refractivity contribution is 7.15. The zero-order valence-corrected chi connectivity index (χ0v) is 16.6. The fraction of sp³-hybridized carbons (Fsp3) is 0.125. The van der Waals surface area contributed by atoms with Crippen LogP contribution in [0.15, 0.2) is 85.1 Å². The van der Waals surface area contributed by atoms with Crippen LogP contribution in [0.3, 0.4) is 0 Å². The summed E-state index contributed by atoms with van der Waals surface area (Å²) in [5, 5.41) is 4.54. The third kappa shape index (κ3) is 4.30. The molecule has 0 atom stereocenters. The van der Waals surface area contributed by atoms with Gasteiger partial charge in [-0.2, -0.15) is 0 Å². The maximum absolute atomic E-state index is 5.40. The summed E-state index contributed by atoms with van der Waals surface area (Å²) in [6, 6.07) is 27.2. The highest BCUT2D eigenvalue weighted by Crippen LogP contribution is 2.29. The van der Waals surface area contributed by atoms with E-state index in [2.05, 4.69) is 64.9 Å². The minimum Gasteiger partial charge on any atom is -0.496 e. The average Bonchev–Trinajstić information content (AvgIpc) is 3.24. The molecule has 1 aromatic heterocycles. The van der Waals surface area contributed by atoms with Crippen LogP contribution in [0.4, 0.5) is 0 Å². The molecule has 0 spiro atoms. The molecule has 3 aromatic carbocycles. The molecule has 140 valence electrons. The fourth-order valence-corrected chi connectivity index (χ4v) is 4.03. The van der Waals surface area contributed by atoms with Gasteiger partial charge in [0.1, 0.15) is 10.8 Å². The van der Waals surface area contributed by atoms with Crippen molar-refractivity contribution in [2.75, 3.05) is 7.11 Å². The molecule has 0 saturated carbocycles. The number of thiazole rings is 1. The standard InChI is InChI=1S/C24H22N2OS/c1-27-22-10-6-5-9-21(22)15-25-17-24-26-16-23(28-24)20-13-11-19(12-14-20)18-7-3-2-4-8-18/h2-14,16,25H,15,17H2,1H3. The van der Waals surface area contributed by atoms with Crippen molar-refractivity contribution in [3.8, 4) is 27.3 Å². The molecule has 0 aliphatic carbocycles. The monoisotopic (exact) mass is 386 g/mol. The topological polar surface area (TPSA) is 34.1 Å². The highest BCUT2D eigenvalue weighted by Gasteiger charge is 2.06. The van der Waals surface area contributed by atoms with E-state index in [9.17, 15) is 0 Å². The normalized spacial score (nSPS) is 10.8. The number of hydrogen-bond donors (Lipinski definition) is 1. The van der Waals surface area contributed by atoms with Crippen LogP contribution in [0, 0.1) is 0 Å². The number of rotatable bonds is 7. The number of methoxy groups -OCH3 is 1. The first kappa shape index (κ1) is 18.4. The molecule has 3 nitrogen and oxygen atoms in total. The molecule has 1 heterocycles. The smallest absolute Gasteiger partial charge is 0.123 e. The Morgan fingerprint density at radius 2 is 1.46 bits per heavy atom. The predicted octanol–water partition coefficient (Wildman–Crippen LogP) is 5.78. The highest BCUT2D eigenvalue weighted by atomic mass is 32.1. The van der Waals surface area contributed by atoms with E-state index in [1.54, 1.807) is 18.4 Å². The molecule has 4 heteroatoms. The quantitative estimate of drug-likeness (QED) is 0.437. The molecular weight excluding hydrogens is 364 g/mol. The van der Waals surface area contributed by atoms with E-state index in [-0.39, 0.29) is 0 Å². The summed E-state index contributed by atoms with van der Waals surface area (Å²) in [6.45, 7) is 1.50. The summed E-state index contributed by atoms with van der Waals surface area (Å²) in [6.07, 6.45) is 1.96. The predicted molar refractivity (Wildman–Crippen MR) is 117 cm³/mol. The minimum absolute atomic E-state index is 0.741. The summed E-state index contributed by atoms with van der Waals surface area (Å²) in [7, 11) is 1.70. The second-order valence-electron chi connectivity index (χ2n) is 6.48. The van der Waals surface area contributed by atoms with Gasteiger partial charge in [0.15, 0.2) is 0 Å². The van der Waals surface area contributed by atoms with Gasteiger partial charge in [0.05, 0.1) is 12.0 Å². The van der Waals surface area contributed by atoms with E-state index in [0.717, 1.165) is 29.4 Å². The summed E-state index contributed by atoms with van der Waals surface area (Å²) in [5.41, 5.74) is 4.82. The maximum Gasteiger partial charge on any atom is 0.123 e. The van der Waals surface area contributed by atoms with Crippen LogP contribution in [0.2, 0.25) is 0 Å². The Labute approximate surface area is 169 Å². The number of benzene rings is 3. The maximum atomic E-state index is 5.40. The Bertz CT molecular complexity index is 1030. The fourth-order valence-electron chi connectivity index (χ4n) is 3.14. The lowest BCUT2D eigenvalue weighted by Gasteiger charge is -2.08. The van der Waals surface area contributed by atoms with Gasteiger partial charge in [-0.25, -0.2) is 4.98 Å². The van der Waals surface area contributed by atoms with Gasteiger partial charge < -0.3 is 10.1 Å². The molecule has 0 amide bonds. The Morgan fingerprint density at radius 1 is 0.786 bits per heavy atom. The molecule has 4 rings (SSSR count). The molecule has 0 aliphatic heterocycles. The van der Waals surface area contributed by atoms with Gasteiger partial charge in [0.25, 0.3) is 0 Å². The molecule has 0 radical (unpaired) electrons. The lowest BCUT2D eigenvalue weighted by molar-refractivity contribution is 0.407. The first-order chi connectivity index (χ1) is 13.8. The molecule has 0 fully saturated rings. The largest absolute Gasteiger partial charge is 0.496 e. The second kappa shape index (κ2) is 8.83. The zero-order chi connectivity index (χ0) is 19.2. The van der Waals surface area contributed by atoms with E-state index in [0.29, 0.717) is 0 Å². The van der Waals surface area contributed by atoms with Crippen molar-refractivity contribution in [2.45, 2.75) is 13.1 Å². The van der Waals surface area contributed by atoms with Crippen molar-refractivity contribution in [2.24, 2.45) is 0 Å². The third-order valence-electron chi connectivity index (χ3n) is 4.61. The van der Waals surface area contributed by atoms with Gasteiger partial charge in [0, 0.05) is 24.8 Å². The summed E-state index contributed by atoms with van der Waals surface area (Å²) in [4.78, 5) is 5.76. The van der Waals surface area contributed by atoms with E-state index >= 15 is 0 Å². The first-order valence-electron chi connectivity index (χ1n) is 9.26. The molecule has 0 bridgehead atoms. The van der Waals surface area contributed by atoms with Crippen LogP contribution in [-0.2, 0) is 13.1 Å². The van der Waals surface area contributed by atoms with Crippen LogP contribution < -0.4 is 10.1 Å². The van der Waals surface area contributed by atoms with E-state index in [1.165, 1.54) is 21.6 Å². The van der Waals surface area contributed by atoms with Gasteiger partial charge in [0.2, 0.25) is 0 Å². The zero-order valence-electron chi connectivity index (χ0n) is 15.8. The minimum atomic E-state index is 0.741.